The molecule has 0 N–H and O–H groups in total. The van der Waals surface area contributed by atoms with Crippen LogP contribution in [-0.2, 0) is 9.53 Å². The lowest BCUT2D eigenvalue weighted by Gasteiger charge is -2.26. The van der Waals surface area contributed by atoms with Crippen molar-refractivity contribution in [2.45, 2.75) is 31.8 Å². The first-order valence-corrected chi connectivity index (χ1v) is 7.06. The fourth-order valence-corrected chi connectivity index (χ4v) is 2.50. The Morgan fingerprint density at radius 1 is 1.19 bits per heavy atom. The van der Waals surface area contributed by atoms with E-state index in [4.69, 9.17) is 10.00 Å². The third-order valence-electron chi connectivity index (χ3n) is 3.70. The molecule has 0 unspecified atom stereocenters. The third kappa shape index (κ3) is 4.28. The Hall–Kier alpha value is -2.41. The highest BCUT2D eigenvalue weighted by molar-refractivity contribution is 5.89. The van der Waals surface area contributed by atoms with Gasteiger partial charge in [0.05, 0.1) is 17.2 Å². The smallest absolute Gasteiger partial charge is 0.338 e. The lowest BCUT2D eigenvalue weighted by atomic mass is 9.87. The van der Waals surface area contributed by atoms with Crippen LogP contribution in [0.15, 0.2) is 36.4 Å². The van der Waals surface area contributed by atoms with Crippen LogP contribution in [0.1, 0.15) is 41.6 Å². The molecule has 21 heavy (non-hydrogen) atoms. The molecular weight excluding hydrogens is 266 g/mol. The number of rotatable bonds is 4. The highest BCUT2D eigenvalue weighted by Crippen LogP contribution is 2.27. The van der Waals surface area contributed by atoms with Crippen molar-refractivity contribution in [3.05, 3.63) is 47.5 Å². The zero-order valence-corrected chi connectivity index (χ0v) is 11.7. The second-order valence-corrected chi connectivity index (χ2v) is 5.15. The summed E-state index contributed by atoms with van der Waals surface area (Å²) in [6.45, 7) is 0. The fourth-order valence-electron chi connectivity index (χ4n) is 2.50. The number of nitrogens with zero attached hydrogens (tertiary/aromatic N) is 1. The number of benzene rings is 1. The van der Waals surface area contributed by atoms with E-state index in [9.17, 15) is 9.59 Å². The molecule has 0 heterocycles. The number of ether oxygens (including phenoxy) is 1. The highest BCUT2D eigenvalue weighted by atomic mass is 16.5. The Morgan fingerprint density at radius 3 is 2.43 bits per heavy atom. The maximum atomic E-state index is 12.0. The summed E-state index contributed by atoms with van der Waals surface area (Å²) in [6, 6.07) is 8.45. The molecule has 1 aliphatic rings. The van der Waals surface area contributed by atoms with E-state index < -0.39 is 0 Å². The molecular formula is C17H17NO3. The van der Waals surface area contributed by atoms with Gasteiger partial charge in [-0.1, -0.05) is 6.08 Å². The molecule has 1 saturated carbocycles. The first-order valence-electron chi connectivity index (χ1n) is 7.06. The van der Waals surface area contributed by atoms with Gasteiger partial charge in [-0.15, -0.1) is 0 Å². The SMILES string of the molecule is N#Cc1ccc(C(=O)OC2CCC(/C=C/C=O)CC2)cc1. The van der Waals surface area contributed by atoms with Crippen molar-refractivity contribution in [1.82, 2.24) is 0 Å². The Bertz CT molecular complexity index is 561. The third-order valence-corrected chi connectivity index (χ3v) is 3.70. The summed E-state index contributed by atoms with van der Waals surface area (Å²) >= 11 is 0. The molecule has 0 spiro atoms. The molecule has 0 amide bonds. The first-order chi connectivity index (χ1) is 10.2. The van der Waals surface area contributed by atoms with Crippen molar-refractivity contribution >= 4 is 12.3 Å². The maximum Gasteiger partial charge on any atom is 0.338 e. The van der Waals surface area contributed by atoms with E-state index in [1.165, 1.54) is 6.08 Å². The zero-order valence-electron chi connectivity index (χ0n) is 11.7. The standard InChI is InChI=1S/C17H17NO3/c18-12-14-3-7-15(8-4-14)17(20)21-16-9-5-13(6-10-16)2-1-11-19/h1-4,7-8,11,13,16H,5-6,9-10H2/b2-1+. The molecule has 2 rings (SSSR count). The van der Waals surface area contributed by atoms with E-state index in [-0.39, 0.29) is 12.1 Å². The van der Waals surface area contributed by atoms with Gasteiger partial charge >= 0.3 is 5.97 Å². The summed E-state index contributed by atoms with van der Waals surface area (Å²) < 4.78 is 5.49. The van der Waals surface area contributed by atoms with Gasteiger partial charge in [-0.3, -0.25) is 4.79 Å². The number of hydrogen-bond donors (Lipinski definition) is 0. The minimum atomic E-state index is -0.341. The second-order valence-electron chi connectivity index (χ2n) is 5.15. The number of allylic oxidation sites excluding steroid dienone is 2. The molecule has 4 nitrogen and oxygen atoms in total. The van der Waals surface area contributed by atoms with Gasteiger partial charge in [0.2, 0.25) is 0 Å². The van der Waals surface area contributed by atoms with Gasteiger partial charge in [0, 0.05) is 0 Å². The van der Waals surface area contributed by atoms with Gasteiger partial charge in [-0.25, -0.2) is 4.79 Å². The van der Waals surface area contributed by atoms with E-state index in [0.717, 1.165) is 32.0 Å². The second kappa shape index (κ2) is 7.39. The van der Waals surface area contributed by atoms with Crippen molar-refractivity contribution < 1.29 is 14.3 Å². The normalized spacial score (nSPS) is 21.7. The molecule has 4 heteroatoms. The van der Waals surface area contributed by atoms with Gasteiger partial charge in [0.25, 0.3) is 0 Å². The van der Waals surface area contributed by atoms with Crippen molar-refractivity contribution in [3.63, 3.8) is 0 Å². The van der Waals surface area contributed by atoms with Gasteiger partial charge < -0.3 is 4.74 Å². The minimum absolute atomic E-state index is 0.0611. The highest BCUT2D eigenvalue weighted by Gasteiger charge is 2.23. The summed E-state index contributed by atoms with van der Waals surface area (Å²) in [7, 11) is 0. The van der Waals surface area contributed by atoms with Crippen molar-refractivity contribution in [3.8, 4) is 6.07 Å². The summed E-state index contributed by atoms with van der Waals surface area (Å²) in [5, 5.41) is 8.72. The Kier molecular flexibility index (Phi) is 5.28. The summed E-state index contributed by atoms with van der Waals surface area (Å²) in [4.78, 5) is 22.3. The summed E-state index contributed by atoms with van der Waals surface area (Å²) in [5.74, 6) is 0.0615. The van der Waals surface area contributed by atoms with Gasteiger partial charge in [0.15, 0.2) is 0 Å². The molecule has 1 aromatic carbocycles. The average molecular weight is 283 g/mol. The number of hydrogen-bond acceptors (Lipinski definition) is 4. The molecule has 108 valence electrons. The zero-order chi connectivity index (χ0) is 15.1. The van der Waals surface area contributed by atoms with Gasteiger partial charge in [0.1, 0.15) is 12.4 Å². The minimum Gasteiger partial charge on any atom is -0.459 e. The summed E-state index contributed by atoms with van der Waals surface area (Å²) in [5.41, 5.74) is 0.992. The van der Waals surface area contributed by atoms with Crippen LogP contribution in [0.2, 0.25) is 0 Å². The van der Waals surface area contributed by atoms with Crippen LogP contribution in [0.3, 0.4) is 0 Å². The van der Waals surface area contributed by atoms with E-state index in [0.29, 0.717) is 17.0 Å². The molecule has 0 atom stereocenters. The van der Waals surface area contributed by atoms with Crippen LogP contribution in [0.4, 0.5) is 0 Å². The lowest BCUT2D eigenvalue weighted by Crippen LogP contribution is -2.24. The van der Waals surface area contributed by atoms with Crippen LogP contribution in [0.5, 0.6) is 0 Å². The van der Waals surface area contributed by atoms with E-state index in [2.05, 4.69) is 0 Å². The van der Waals surface area contributed by atoms with Crippen molar-refractivity contribution in [1.29, 1.82) is 5.26 Å². The van der Waals surface area contributed by atoms with Crippen LogP contribution in [-0.4, -0.2) is 18.4 Å². The van der Waals surface area contributed by atoms with Crippen LogP contribution < -0.4 is 0 Å². The Labute approximate surface area is 124 Å². The molecule has 0 aliphatic heterocycles. The largest absolute Gasteiger partial charge is 0.459 e. The molecule has 0 aromatic heterocycles. The predicted molar refractivity (Wildman–Crippen MR) is 77.5 cm³/mol. The molecule has 1 aliphatic carbocycles. The van der Waals surface area contributed by atoms with Crippen LogP contribution >= 0.6 is 0 Å². The molecule has 1 aromatic rings. The Balaban J connectivity index is 1.85. The van der Waals surface area contributed by atoms with Crippen LogP contribution in [0.25, 0.3) is 0 Å². The molecule has 0 saturated heterocycles. The molecule has 1 fully saturated rings. The maximum absolute atomic E-state index is 12.0. The first kappa shape index (κ1) is 15.0. The van der Waals surface area contributed by atoms with Crippen molar-refractivity contribution in [2.75, 3.05) is 0 Å². The van der Waals surface area contributed by atoms with Crippen LogP contribution in [0, 0.1) is 17.2 Å². The molecule has 0 bridgehead atoms. The van der Waals surface area contributed by atoms with E-state index in [1.54, 1.807) is 24.3 Å². The summed E-state index contributed by atoms with van der Waals surface area (Å²) in [6.07, 6.45) is 7.67. The Morgan fingerprint density at radius 2 is 1.86 bits per heavy atom. The average Bonchev–Trinajstić information content (AvgIpc) is 2.54. The lowest BCUT2D eigenvalue weighted by molar-refractivity contribution is -0.104. The van der Waals surface area contributed by atoms with Gasteiger partial charge in [-0.2, -0.15) is 5.26 Å². The fraction of sp³-hybridized carbons (Fsp3) is 0.353. The number of carbonyl (C=O) groups is 2. The number of esters is 1. The van der Waals surface area contributed by atoms with Crippen molar-refractivity contribution in [2.24, 2.45) is 5.92 Å². The monoisotopic (exact) mass is 283 g/mol. The van der Waals surface area contributed by atoms with E-state index >= 15 is 0 Å². The quantitative estimate of drug-likeness (QED) is 0.484. The van der Waals surface area contributed by atoms with Gasteiger partial charge in [-0.05, 0) is 61.9 Å². The predicted octanol–water partition coefficient (Wildman–Crippen LogP) is 3.03. The molecule has 0 radical (unpaired) electrons. The number of carbonyl (C=O) groups excluding carboxylic acids is 2. The number of nitriles is 1. The topological polar surface area (TPSA) is 67.2 Å². The number of aldehydes is 1. The van der Waals surface area contributed by atoms with E-state index in [1.807, 2.05) is 12.1 Å².